The molecule has 2 heterocycles. The van der Waals surface area contributed by atoms with Crippen LogP contribution in [0.4, 0.5) is 11.4 Å². The van der Waals surface area contributed by atoms with E-state index < -0.39 is 5.97 Å². The van der Waals surface area contributed by atoms with E-state index in [-0.39, 0.29) is 17.5 Å². The normalized spacial score (nSPS) is 16.7. The number of rotatable bonds is 7. The number of amides is 1. The van der Waals surface area contributed by atoms with Crippen LogP contribution in [-0.2, 0) is 14.3 Å². The molecule has 2 aliphatic heterocycles. The van der Waals surface area contributed by atoms with Gasteiger partial charge in [0, 0.05) is 43.0 Å². The first-order chi connectivity index (χ1) is 16.0. The lowest BCUT2D eigenvalue weighted by Crippen LogP contribution is -2.23. The minimum absolute atomic E-state index is 0.131. The summed E-state index contributed by atoms with van der Waals surface area (Å²) in [6, 6.07) is 15.5. The summed E-state index contributed by atoms with van der Waals surface area (Å²) in [5.41, 5.74) is 4.71. The van der Waals surface area contributed by atoms with Crippen molar-refractivity contribution in [3.63, 3.8) is 0 Å². The lowest BCUT2D eigenvalue weighted by molar-refractivity contribution is -0.130. The Bertz CT molecular complexity index is 1180. The van der Waals surface area contributed by atoms with Crippen LogP contribution in [0.25, 0.3) is 6.08 Å². The second kappa shape index (κ2) is 9.70. The van der Waals surface area contributed by atoms with Crippen LogP contribution in [0, 0.1) is 18.3 Å². The van der Waals surface area contributed by atoms with E-state index in [9.17, 15) is 9.59 Å². The molecular weight excluding hydrogens is 416 g/mol. The monoisotopic (exact) mass is 442 g/mol. The third-order valence-corrected chi connectivity index (χ3v) is 5.91. The number of hydrogen-bond acceptors (Lipinski definition) is 6. The molecule has 0 radical (unpaired) electrons. The second-order valence-electron chi connectivity index (χ2n) is 8.06. The van der Waals surface area contributed by atoms with Gasteiger partial charge < -0.3 is 14.5 Å². The Kier molecular flexibility index (Phi) is 6.55. The number of nitrogens with zero attached hydrogens (tertiary/aromatic N) is 4. The summed E-state index contributed by atoms with van der Waals surface area (Å²) < 4.78 is 5.41. The van der Waals surface area contributed by atoms with Gasteiger partial charge in [0.15, 0.2) is 5.70 Å². The summed E-state index contributed by atoms with van der Waals surface area (Å²) in [5, 5.41) is 8.86. The van der Waals surface area contributed by atoms with Crippen molar-refractivity contribution in [3.05, 3.63) is 64.9 Å². The highest BCUT2D eigenvalue weighted by Gasteiger charge is 2.26. The first kappa shape index (κ1) is 22.3. The first-order valence-corrected chi connectivity index (χ1v) is 11.2. The SMILES string of the molecule is CCN(CCC#N)c1ccc(/C=C2\N=C(c3ccc(N4CCCC4=O)cc3)OC2=O)c(C)c1. The molecule has 7 heteroatoms. The molecule has 1 fully saturated rings. The van der Waals surface area contributed by atoms with Gasteiger partial charge in [-0.05, 0) is 73.9 Å². The molecule has 0 N–H and O–H groups in total. The van der Waals surface area contributed by atoms with Crippen molar-refractivity contribution in [2.24, 2.45) is 4.99 Å². The molecule has 0 spiro atoms. The predicted molar refractivity (Wildman–Crippen MR) is 128 cm³/mol. The maximum atomic E-state index is 12.4. The third-order valence-electron chi connectivity index (χ3n) is 5.91. The van der Waals surface area contributed by atoms with Gasteiger partial charge in [-0.3, -0.25) is 4.79 Å². The molecule has 1 saturated heterocycles. The van der Waals surface area contributed by atoms with Crippen molar-refractivity contribution in [1.82, 2.24) is 0 Å². The highest BCUT2D eigenvalue weighted by Crippen LogP contribution is 2.26. The smallest absolute Gasteiger partial charge is 0.363 e. The number of cyclic esters (lactones) is 1. The van der Waals surface area contributed by atoms with Gasteiger partial charge in [-0.25, -0.2) is 9.79 Å². The molecule has 1 amide bonds. The fourth-order valence-electron chi connectivity index (χ4n) is 4.06. The zero-order chi connectivity index (χ0) is 23.4. The van der Waals surface area contributed by atoms with Gasteiger partial charge in [0.2, 0.25) is 11.8 Å². The highest BCUT2D eigenvalue weighted by molar-refractivity contribution is 6.13. The van der Waals surface area contributed by atoms with Crippen LogP contribution in [0.3, 0.4) is 0 Å². The minimum Gasteiger partial charge on any atom is -0.402 e. The molecule has 2 aliphatic rings. The molecule has 0 atom stereocenters. The van der Waals surface area contributed by atoms with Crippen LogP contribution in [0.1, 0.15) is 42.9 Å². The van der Waals surface area contributed by atoms with Gasteiger partial charge in [-0.1, -0.05) is 6.07 Å². The number of carbonyl (C=O) groups is 2. The molecule has 7 nitrogen and oxygen atoms in total. The summed E-state index contributed by atoms with van der Waals surface area (Å²) in [6.45, 7) is 6.26. The molecule has 0 aliphatic carbocycles. The van der Waals surface area contributed by atoms with Crippen LogP contribution in [0.5, 0.6) is 0 Å². The lowest BCUT2D eigenvalue weighted by atomic mass is 10.1. The molecule has 0 unspecified atom stereocenters. The summed E-state index contributed by atoms with van der Waals surface area (Å²) in [5.74, 6) is -0.101. The van der Waals surface area contributed by atoms with E-state index in [1.807, 2.05) is 43.3 Å². The van der Waals surface area contributed by atoms with Gasteiger partial charge in [0.25, 0.3) is 0 Å². The molecule has 168 valence electrons. The second-order valence-corrected chi connectivity index (χ2v) is 8.06. The van der Waals surface area contributed by atoms with Crippen molar-refractivity contribution in [2.45, 2.75) is 33.1 Å². The Hall–Kier alpha value is -3.92. The quantitative estimate of drug-likeness (QED) is 0.474. The standard InChI is InChI=1S/C26H26N4O3/c1-3-29(14-5-13-27)22-12-9-20(18(2)16-22)17-23-26(32)33-25(28-23)19-7-10-21(11-8-19)30-15-4-6-24(30)31/h7-12,16-17H,3-6,14-15H2,1-2H3/b23-17-. The fourth-order valence-corrected chi connectivity index (χ4v) is 4.06. The number of ether oxygens (including phenoxy) is 1. The number of anilines is 2. The minimum atomic E-state index is -0.489. The summed E-state index contributed by atoms with van der Waals surface area (Å²) in [6.07, 6.45) is 3.65. The fraction of sp³-hybridized carbons (Fsp3) is 0.308. The number of nitriles is 1. The predicted octanol–water partition coefficient (Wildman–Crippen LogP) is 4.21. The summed E-state index contributed by atoms with van der Waals surface area (Å²) >= 11 is 0. The maximum absolute atomic E-state index is 12.4. The molecule has 0 bridgehead atoms. The van der Waals surface area contributed by atoms with E-state index in [0.717, 1.165) is 42.0 Å². The zero-order valence-corrected chi connectivity index (χ0v) is 18.9. The van der Waals surface area contributed by atoms with E-state index in [1.54, 1.807) is 11.0 Å². The van der Waals surface area contributed by atoms with Crippen LogP contribution in [0.2, 0.25) is 0 Å². The van der Waals surface area contributed by atoms with Crippen molar-refractivity contribution in [1.29, 1.82) is 5.26 Å². The number of aliphatic imine (C=N–C) groups is 1. The first-order valence-electron chi connectivity index (χ1n) is 11.2. The highest BCUT2D eigenvalue weighted by atomic mass is 16.6. The van der Waals surface area contributed by atoms with Gasteiger partial charge >= 0.3 is 5.97 Å². The molecule has 2 aromatic rings. The Balaban J connectivity index is 1.53. The van der Waals surface area contributed by atoms with Gasteiger partial charge in [0.1, 0.15) is 0 Å². The average molecular weight is 443 g/mol. The summed E-state index contributed by atoms with van der Waals surface area (Å²) in [7, 11) is 0. The number of benzene rings is 2. The van der Waals surface area contributed by atoms with Gasteiger partial charge in [-0.15, -0.1) is 0 Å². The largest absolute Gasteiger partial charge is 0.402 e. The number of aryl methyl sites for hydroxylation is 1. The molecule has 2 aromatic carbocycles. The number of esters is 1. The van der Waals surface area contributed by atoms with E-state index in [1.165, 1.54) is 0 Å². The summed E-state index contributed by atoms with van der Waals surface area (Å²) in [4.78, 5) is 32.7. The molecule has 0 aromatic heterocycles. The lowest BCUT2D eigenvalue weighted by Gasteiger charge is -2.22. The van der Waals surface area contributed by atoms with E-state index >= 15 is 0 Å². The maximum Gasteiger partial charge on any atom is 0.363 e. The van der Waals surface area contributed by atoms with Gasteiger partial charge in [-0.2, -0.15) is 5.26 Å². The Morgan fingerprint density at radius 2 is 2.00 bits per heavy atom. The molecule has 4 rings (SSSR count). The van der Waals surface area contributed by atoms with E-state index in [0.29, 0.717) is 24.9 Å². The number of hydrogen-bond donors (Lipinski definition) is 0. The topological polar surface area (TPSA) is 86.0 Å². The van der Waals surface area contributed by atoms with Crippen LogP contribution in [0.15, 0.2) is 53.2 Å². The van der Waals surface area contributed by atoms with Crippen molar-refractivity contribution in [2.75, 3.05) is 29.4 Å². The van der Waals surface area contributed by atoms with E-state index in [2.05, 4.69) is 29.0 Å². The third kappa shape index (κ3) is 4.80. The Morgan fingerprint density at radius 1 is 1.21 bits per heavy atom. The molecule has 33 heavy (non-hydrogen) atoms. The Labute approximate surface area is 193 Å². The van der Waals surface area contributed by atoms with Crippen LogP contribution < -0.4 is 9.80 Å². The molecule has 0 saturated carbocycles. The van der Waals surface area contributed by atoms with Crippen molar-refractivity contribution < 1.29 is 14.3 Å². The van der Waals surface area contributed by atoms with Crippen molar-refractivity contribution >= 4 is 35.2 Å². The Morgan fingerprint density at radius 3 is 2.64 bits per heavy atom. The zero-order valence-electron chi connectivity index (χ0n) is 18.9. The average Bonchev–Trinajstić information content (AvgIpc) is 3.41. The van der Waals surface area contributed by atoms with Crippen molar-refractivity contribution in [3.8, 4) is 6.07 Å². The van der Waals surface area contributed by atoms with Crippen LogP contribution >= 0.6 is 0 Å². The van der Waals surface area contributed by atoms with Crippen LogP contribution in [-0.4, -0.2) is 37.4 Å². The van der Waals surface area contributed by atoms with Gasteiger partial charge in [0.05, 0.1) is 12.5 Å². The molecular formula is C26H26N4O3. The number of carbonyl (C=O) groups excluding carboxylic acids is 2. The van der Waals surface area contributed by atoms with E-state index in [4.69, 9.17) is 10.00 Å².